The molecule has 2 heterocycles. The minimum atomic E-state index is -0.649. The monoisotopic (exact) mass is 539 g/mol. The maximum atomic E-state index is 13.2. The number of likely N-dealkylation sites (tertiary alicyclic amines) is 1. The Bertz CT molecular complexity index is 1360. The third-order valence-electron chi connectivity index (χ3n) is 7.49. The third kappa shape index (κ3) is 6.52. The Morgan fingerprint density at radius 1 is 0.875 bits per heavy atom. The summed E-state index contributed by atoms with van der Waals surface area (Å²) in [5.74, 6) is -1.50. The molecule has 1 atom stereocenters. The maximum absolute atomic E-state index is 13.2. The number of aryl methyl sites for hydroxylation is 1. The van der Waals surface area contributed by atoms with Gasteiger partial charge in [0.1, 0.15) is 0 Å². The summed E-state index contributed by atoms with van der Waals surface area (Å²) in [7, 11) is 0. The Balaban J connectivity index is 1.11. The number of Topliss-reactive ketones (excluding diaryl/α,β-unsaturated/α-hetero) is 1. The molecule has 3 aromatic rings. The fourth-order valence-electron chi connectivity index (χ4n) is 5.20. The zero-order valence-electron chi connectivity index (χ0n) is 22.5. The number of hydrogen-bond donors (Lipinski definition) is 1. The van der Waals surface area contributed by atoms with Gasteiger partial charge in [0, 0.05) is 18.2 Å². The van der Waals surface area contributed by atoms with Crippen LogP contribution in [0.15, 0.2) is 78.9 Å². The van der Waals surface area contributed by atoms with E-state index in [2.05, 4.69) is 22.3 Å². The van der Waals surface area contributed by atoms with E-state index in [-0.39, 0.29) is 42.2 Å². The summed E-state index contributed by atoms with van der Waals surface area (Å²) < 4.78 is 5.18. The maximum Gasteiger partial charge on any atom is 0.338 e. The summed E-state index contributed by atoms with van der Waals surface area (Å²) >= 11 is 0. The van der Waals surface area contributed by atoms with Crippen LogP contribution in [0.4, 0.5) is 5.69 Å². The molecular weight excluding hydrogens is 506 g/mol. The lowest BCUT2D eigenvalue weighted by molar-refractivity contribution is -0.121. The van der Waals surface area contributed by atoms with Crippen LogP contribution in [0.1, 0.15) is 51.1 Å². The third-order valence-corrected chi connectivity index (χ3v) is 7.49. The zero-order valence-corrected chi connectivity index (χ0v) is 22.5. The summed E-state index contributed by atoms with van der Waals surface area (Å²) in [6.45, 7) is 4.33. The first kappa shape index (κ1) is 27.4. The molecular formula is C32H33N3O5. The van der Waals surface area contributed by atoms with E-state index in [4.69, 9.17) is 4.74 Å². The van der Waals surface area contributed by atoms with E-state index in [1.807, 2.05) is 37.3 Å². The summed E-state index contributed by atoms with van der Waals surface area (Å²) in [6.07, 6.45) is 1.93. The number of esters is 1. The normalized spacial score (nSPS) is 18.2. The quantitative estimate of drug-likeness (QED) is 0.250. The highest BCUT2D eigenvalue weighted by Crippen LogP contribution is 2.25. The molecule has 2 fully saturated rings. The van der Waals surface area contributed by atoms with Crippen LogP contribution in [0.25, 0.3) is 0 Å². The van der Waals surface area contributed by atoms with Crippen molar-refractivity contribution in [2.45, 2.75) is 44.8 Å². The van der Waals surface area contributed by atoms with Crippen molar-refractivity contribution in [1.29, 1.82) is 0 Å². The van der Waals surface area contributed by atoms with E-state index < -0.39 is 12.0 Å². The first-order valence-corrected chi connectivity index (χ1v) is 13.6. The Morgan fingerprint density at radius 3 is 2.20 bits per heavy atom. The van der Waals surface area contributed by atoms with Crippen molar-refractivity contribution < 1.29 is 23.9 Å². The largest absolute Gasteiger partial charge is 0.454 e. The minimum absolute atomic E-state index is 0.105. The first-order valence-electron chi connectivity index (χ1n) is 13.6. The Morgan fingerprint density at radius 2 is 1.52 bits per heavy atom. The second-order valence-corrected chi connectivity index (χ2v) is 10.4. The molecule has 1 N–H and O–H groups in total. The molecule has 8 nitrogen and oxygen atoms in total. The van der Waals surface area contributed by atoms with Gasteiger partial charge in [0.15, 0.2) is 12.4 Å². The van der Waals surface area contributed by atoms with Gasteiger partial charge in [0.25, 0.3) is 5.91 Å². The molecule has 2 amide bonds. The molecule has 2 aliphatic heterocycles. The fourth-order valence-corrected chi connectivity index (χ4v) is 5.20. The topological polar surface area (TPSA) is 96.0 Å². The zero-order chi connectivity index (χ0) is 28.1. The Labute approximate surface area is 233 Å². The molecule has 0 spiro atoms. The number of rotatable bonds is 9. The molecule has 40 heavy (non-hydrogen) atoms. The Kier molecular flexibility index (Phi) is 8.48. The first-order chi connectivity index (χ1) is 19.4. The lowest BCUT2D eigenvalue weighted by Gasteiger charge is -2.33. The van der Waals surface area contributed by atoms with E-state index in [1.54, 1.807) is 24.3 Å². The van der Waals surface area contributed by atoms with Crippen LogP contribution in [0.2, 0.25) is 0 Å². The molecule has 206 valence electrons. The van der Waals surface area contributed by atoms with Crippen molar-refractivity contribution in [3.05, 3.63) is 101 Å². The van der Waals surface area contributed by atoms with Crippen LogP contribution >= 0.6 is 0 Å². The van der Waals surface area contributed by atoms with Gasteiger partial charge in [-0.25, -0.2) is 9.69 Å². The fraction of sp³-hybridized carbons (Fsp3) is 0.312. The van der Waals surface area contributed by atoms with Gasteiger partial charge in [-0.2, -0.15) is 0 Å². The molecule has 0 radical (unpaired) electrons. The van der Waals surface area contributed by atoms with Gasteiger partial charge in [-0.05, 0) is 62.7 Å². The summed E-state index contributed by atoms with van der Waals surface area (Å²) in [4.78, 5) is 54.3. The number of imide groups is 1. The molecule has 3 aromatic carbocycles. The van der Waals surface area contributed by atoms with Crippen molar-refractivity contribution in [3.63, 3.8) is 0 Å². The SMILES string of the molecule is Cc1ccc(C(=O)COC(=O)c2ccc(N3C(=O)CC(NC4CCN(Cc5ccccc5)CC4)C3=O)cc2)cc1. The number of benzene rings is 3. The van der Waals surface area contributed by atoms with Crippen molar-refractivity contribution in [1.82, 2.24) is 10.2 Å². The molecule has 1 unspecified atom stereocenters. The summed E-state index contributed by atoms with van der Waals surface area (Å²) in [5.41, 5.74) is 3.43. The average molecular weight is 540 g/mol. The minimum Gasteiger partial charge on any atom is -0.454 e. The van der Waals surface area contributed by atoms with Crippen molar-refractivity contribution >= 4 is 29.3 Å². The second kappa shape index (κ2) is 12.4. The molecule has 0 bridgehead atoms. The van der Waals surface area contributed by atoms with Crippen LogP contribution in [-0.4, -0.2) is 60.2 Å². The average Bonchev–Trinajstić information content (AvgIpc) is 3.25. The molecule has 2 saturated heterocycles. The van der Waals surface area contributed by atoms with Crippen LogP contribution in [0.5, 0.6) is 0 Å². The van der Waals surface area contributed by atoms with Gasteiger partial charge in [-0.15, -0.1) is 0 Å². The van der Waals surface area contributed by atoms with E-state index >= 15 is 0 Å². The van der Waals surface area contributed by atoms with Gasteiger partial charge in [-0.1, -0.05) is 60.2 Å². The predicted octanol–water partition coefficient (Wildman–Crippen LogP) is 3.92. The summed E-state index contributed by atoms with van der Waals surface area (Å²) in [5, 5.41) is 3.41. The van der Waals surface area contributed by atoms with E-state index in [0.717, 1.165) is 38.0 Å². The van der Waals surface area contributed by atoms with Crippen LogP contribution in [0.3, 0.4) is 0 Å². The number of nitrogens with one attached hydrogen (secondary N) is 1. The van der Waals surface area contributed by atoms with Crippen molar-refractivity contribution in [2.75, 3.05) is 24.6 Å². The van der Waals surface area contributed by atoms with Crippen molar-refractivity contribution in [3.8, 4) is 0 Å². The van der Waals surface area contributed by atoms with Gasteiger partial charge in [-0.3, -0.25) is 19.3 Å². The standard InChI is InChI=1S/C32H33N3O5/c1-22-7-9-24(10-8-22)29(36)21-40-32(39)25-11-13-27(14-12-25)35-30(37)19-28(31(35)38)33-26-15-17-34(18-16-26)20-23-5-3-2-4-6-23/h2-14,26,28,33H,15-21H2,1H3. The molecule has 2 aliphatic rings. The molecule has 8 heteroatoms. The number of anilines is 1. The van der Waals surface area contributed by atoms with E-state index in [9.17, 15) is 19.2 Å². The predicted molar refractivity (Wildman–Crippen MR) is 151 cm³/mol. The number of piperidine rings is 1. The number of hydrogen-bond acceptors (Lipinski definition) is 7. The number of carbonyl (C=O) groups is 4. The van der Waals surface area contributed by atoms with Gasteiger partial charge in [0.05, 0.1) is 23.7 Å². The molecule has 0 aliphatic carbocycles. The number of ether oxygens (including phenoxy) is 1. The smallest absolute Gasteiger partial charge is 0.338 e. The lowest BCUT2D eigenvalue weighted by Crippen LogP contribution is -2.48. The number of ketones is 1. The highest BCUT2D eigenvalue weighted by Gasteiger charge is 2.40. The number of nitrogens with zero attached hydrogens (tertiary/aromatic N) is 2. The van der Waals surface area contributed by atoms with Gasteiger partial charge >= 0.3 is 5.97 Å². The lowest BCUT2D eigenvalue weighted by atomic mass is 10.0. The van der Waals surface area contributed by atoms with Crippen LogP contribution in [0, 0.1) is 6.92 Å². The highest BCUT2D eigenvalue weighted by atomic mass is 16.5. The second-order valence-electron chi connectivity index (χ2n) is 10.4. The van der Waals surface area contributed by atoms with Gasteiger partial charge in [0.2, 0.25) is 5.91 Å². The van der Waals surface area contributed by atoms with Gasteiger partial charge < -0.3 is 10.1 Å². The van der Waals surface area contributed by atoms with E-state index in [1.165, 1.54) is 22.6 Å². The van der Waals surface area contributed by atoms with Crippen molar-refractivity contribution in [2.24, 2.45) is 0 Å². The van der Waals surface area contributed by atoms with Crippen LogP contribution < -0.4 is 10.2 Å². The highest BCUT2D eigenvalue weighted by molar-refractivity contribution is 6.22. The number of carbonyl (C=O) groups excluding carboxylic acids is 4. The van der Waals surface area contributed by atoms with Crippen LogP contribution in [-0.2, 0) is 20.9 Å². The Hall–Kier alpha value is -4.14. The molecule has 0 aromatic heterocycles. The van der Waals surface area contributed by atoms with E-state index in [0.29, 0.717) is 11.3 Å². The molecule has 5 rings (SSSR count). The summed E-state index contributed by atoms with van der Waals surface area (Å²) in [6, 6.07) is 23.1. The number of amides is 2. The molecule has 0 saturated carbocycles.